The third kappa shape index (κ3) is 3.52. The lowest BCUT2D eigenvalue weighted by Crippen LogP contribution is -2.46. The van der Waals surface area contributed by atoms with Crippen molar-refractivity contribution in [1.82, 2.24) is 5.32 Å². The fourth-order valence-corrected chi connectivity index (χ4v) is 2.44. The first-order valence-electron chi connectivity index (χ1n) is 6.71. The number of aliphatic hydroxyl groups is 1. The highest BCUT2D eigenvalue weighted by Gasteiger charge is 2.28. The van der Waals surface area contributed by atoms with Gasteiger partial charge in [-0.3, -0.25) is 4.79 Å². The molecular weight excluding hydrogens is 330 g/mol. The smallest absolute Gasteiger partial charge is 0.252 e. The number of hydrogen-bond acceptors (Lipinski definition) is 2. The predicted octanol–water partition coefficient (Wildman–Crippen LogP) is 3.40. The number of halogens is 1. The topological polar surface area (TPSA) is 49.3 Å². The van der Waals surface area contributed by atoms with Crippen LogP contribution in [0.1, 0.15) is 28.4 Å². The Balaban J connectivity index is 2.26. The number of benzene rings is 2. The second kappa shape index (κ2) is 6.41. The molecule has 1 amide bonds. The molecule has 2 rings (SSSR count). The Morgan fingerprint density at radius 3 is 2.48 bits per heavy atom. The average molecular weight is 348 g/mol. The molecule has 0 heterocycles. The van der Waals surface area contributed by atoms with Crippen LogP contribution in [0.5, 0.6) is 0 Å². The summed E-state index contributed by atoms with van der Waals surface area (Å²) in [5.74, 6) is -0.212. The molecule has 2 aromatic rings. The zero-order valence-corrected chi connectivity index (χ0v) is 13.6. The zero-order valence-electron chi connectivity index (χ0n) is 12.1. The molecular formula is C17H18BrNO2. The number of amides is 1. The van der Waals surface area contributed by atoms with E-state index in [9.17, 15) is 9.90 Å². The zero-order chi connectivity index (χ0) is 15.5. The van der Waals surface area contributed by atoms with E-state index in [1.807, 2.05) is 50.2 Å². The van der Waals surface area contributed by atoms with Gasteiger partial charge >= 0.3 is 0 Å². The molecule has 3 nitrogen and oxygen atoms in total. The molecule has 0 aliphatic rings. The molecule has 1 atom stereocenters. The summed E-state index contributed by atoms with van der Waals surface area (Å²) in [6.45, 7) is 3.60. The van der Waals surface area contributed by atoms with Crippen molar-refractivity contribution in [3.8, 4) is 0 Å². The van der Waals surface area contributed by atoms with Crippen molar-refractivity contribution >= 4 is 21.8 Å². The van der Waals surface area contributed by atoms with E-state index in [4.69, 9.17) is 0 Å². The van der Waals surface area contributed by atoms with E-state index in [0.29, 0.717) is 5.56 Å². The van der Waals surface area contributed by atoms with Crippen LogP contribution in [-0.4, -0.2) is 17.6 Å². The Kier molecular flexibility index (Phi) is 4.80. The Morgan fingerprint density at radius 1 is 1.24 bits per heavy atom. The molecule has 0 saturated carbocycles. The van der Waals surface area contributed by atoms with Crippen LogP contribution in [0.4, 0.5) is 0 Å². The number of carbonyl (C=O) groups is 1. The predicted molar refractivity (Wildman–Crippen MR) is 87.2 cm³/mol. The summed E-state index contributed by atoms with van der Waals surface area (Å²) in [6.07, 6.45) is 0. The molecule has 4 heteroatoms. The second-order valence-electron chi connectivity index (χ2n) is 5.27. The molecule has 2 aromatic carbocycles. The van der Waals surface area contributed by atoms with Gasteiger partial charge in [-0.1, -0.05) is 52.3 Å². The first kappa shape index (κ1) is 15.7. The first-order valence-corrected chi connectivity index (χ1v) is 7.50. The Morgan fingerprint density at radius 2 is 1.90 bits per heavy atom. The van der Waals surface area contributed by atoms with Gasteiger partial charge in [0.25, 0.3) is 5.91 Å². The summed E-state index contributed by atoms with van der Waals surface area (Å²) in [7, 11) is 0. The van der Waals surface area contributed by atoms with Crippen molar-refractivity contribution in [3.63, 3.8) is 0 Å². The highest BCUT2D eigenvalue weighted by atomic mass is 79.9. The van der Waals surface area contributed by atoms with Crippen molar-refractivity contribution in [1.29, 1.82) is 0 Å². The second-order valence-corrected chi connectivity index (χ2v) is 6.13. The van der Waals surface area contributed by atoms with E-state index in [0.717, 1.165) is 15.6 Å². The van der Waals surface area contributed by atoms with Crippen molar-refractivity contribution in [2.75, 3.05) is 6.61 Å². The maximum atomic E-state index is 12.4. The highest BCUT2D eigenvalue weighted by Crippen LogP contribution is 2.22. The maximum Gasteiger partial charge on any atom is 0.252 e. The number of hydrogen-bond donors (Lipinski definition) is 2. The SMILES string of the molecule is Cc1ccc(C(=O)NC(C)(CO)c2ccccc2)cc1Br. The molecule has 0 fully saturated rings. The molecule has 0 aromatic heterocycles. The van der Waals surface area contributed by atoms with Gasteiger partial charge in [0.05, 0.1) is 12.1 Å². The average Bonchev–Trinajstić information content (AvgIpc) is 2.50. The van der Waals surface area contributed by atoms with Gasteiger partial charge in [-0.15, -0.1) is 0 Å². The summed E-state index contributed by atoms with van der Waals surface area (Å²) in [6, 6.07) is 14.9. The summed E-state index contributed by atoms with van der Waals surface area (Å²) in [4.78, 5) is 12.4. The molecule has 0 aliphatic heterocycles. The minimum absolute atomic E-state index is 0.171. The molecule has 0 aliphatic carbocycles. The van der Waals surface area contributed by atoms with Gasteiger partial charge in [0, 0.05) is 10.0 Å². The van der Waals surface area contributed by atoms with Gasteiger partial charge in [0.2, 0.25) is 0 Å². The lowest BCUT2D eigenvalue weighted by molar-refractivity contribution is 0.0849. The molecule has 0 saturated heterocycles. The number of aryl methyl sites for hydroxylation is 1. The number of rotatable bonds is 4. The van der Waals surface area contributed by atoms with E-state index in [1.54, 1.807) is 12.1 Å². The van der Waals surface area contributed by atoms with Crippen LogP contribution in [0.2, 0.25) is 0 Å². The van der Waals surface area contributed by atoms with E-state index in [-0.39, 0.29) is 12.5 Å². The van der Waals surface area contributed by atoms with Crippen LogP contribution < -0.4 is 5.32 Å². The Bertz CT molecular complexity index is 642. The van der Waals surface area contributed by atoms with Gasteiger partial charge in [-0.25, -0.2) is 0 Å². The van der Waals surface area contributed by atoms with Gasteiger partial charge in [-0.2, -0.15) is 0 Å². The van der Waals surface area contributed by atoms with E-state index in [2.05, 4.69) is 21.2 Å². The van der Waals surface area contributed by atoms with E-state index >= 15 is 0 Å². The van der Waals surface area contributed by atoms with Crippen LogP contribution >= 0.6 is 15.9 Å². The first-order chi connectivity index (χ1) is 9.96. The maximum absolute atomic E-state index is 12.4. The third-order valence-corrected chi connectivity index (χ3v) is 4.40. The highest BCUT2D eigenvalue weighted by molar-refractivity contribution is 9.10. The largest absolute Gasteiger partial charge is 0.394 e. The molecule has 2 N–H and O–H groups in total. The quantitative estimate of drug-likeness (QED) is 0.890. The molecule has 0 spiro atoms. The molecule has 110 valence electrons. The van der Waals surface area contributed by atoms with Gasteiger partial charge in [0.15, 0.2) is 0 Å². The van der Waals surface area contributed by atoms with Crippen LogP contribution in [0, 0.1) is 6.92 Å². The molecule has 21 heavy (non-hydrogen) atoms. The Hall–Kier alpha value is -1.65. The standard InChI is InChI=1S/C17H18BrNO2/c1-12-8-9-13(10-15(12)18)16(21)19-17(2,11-20)14-6-4-3-5-7-14/h3-10,20H,11H2,1-2H3,(H,19,21). The fraction of sp³-hybridized carbons (Fsp3) is 0.235. The van der Waals surface area contributed by atoms with E-state index < -0.39 is 5.54 Å². The van der Waals surface area contributed by atoms with Crippen LogP contribution in [0.15, 0.2) is 53.0 Å². The van der Waals surface area contributed by atoms with Crippen LogP contribution in [0.3, 0.4) is 0 Å². The minimum Gasteiger partial charge on any atom is -0.394 e. The number of nitrogens with one attached hydrogen (secondary N) is 1. The summed E-state index contributed by atoms with van der Waals surface area (Å²) >= 11 is 3.43. The van der Waals surface area contributed by atoms with Crippen LogP contribution in [-0.2, 0) is 5.54 Å². The van der Waals surface area contributed by atoms with Crippen molar-refractivity contribution in [2.24, 2.45) is 0 Å². The minimum atomic E-state index is -0.810. The summed E-state index contributed by atoms with van der Waals surface area (Å²) < 4.78 is 0.889. The number of carbonyl (C=O) groups excluding carboxylic acids is 1. The van der Waals surface area contributed by atoms with Crippen molar-refractivity contribution < 1.29 is 9.90 Å². The molecule has 0 bridgehead atoms. The lowest BCUT2D eigenvalue weighted by atomic mass is 9.92. The summed E-state index contributed by atoms with van der Waals surface area (Å²) in [5, 5.41) is 12.6. The third-order valence-electron chi connectivity index (χ3n) is 3.55. The van der Waals surface area contributed by atoms with Gasteiger partial charge in [-0.05, 0) is 37.1 Å². The van der Waals surface area contributed by atoms with Crippen molar-refractivity contribution in [2.45, 2.75) is 19.4 Å². The normalized spacial score (nSPS) is 13.5. The van der Waals surface area contributed by atoms with Crippen molar-refractivity contribution in [3.05, 3.63) is 69.7 Å². The number of aliphatic hydroxyl groups excluding tert-OH is 1. The monoisotopic (exact) mass is 347 g/mol. The van der Waals surface area contributed by atoms with E-state index in [1.165, 1.54) is 0 Å². The fourth-order valence-electron chi connectivity index (χ4n) is 2.07. The molecule has 1 unspecified atom stereocenters. The van der Waals surface area contributed by atoms with Gasteiger partial charge in [0.1, 0.15) is 0 Å². The van der Waals surface area contributed by atoms with Crippen LogP contribution in [0.25, 0.3) is 0 Å². The Labute approximate surface area is 133 Å². The van der Waals surface area contributed by atoms with Gasteiger partial charge < -0.3 is 10.4 Å². The summed E-state index contributed by atoms with van der Waals surface area (Å²) in [5.41, 5.74) is 1.69. The molecule has 0 radical (unpaired) electrons. The lowest BCUT2D eigenvalue weighted by Gasteiger charge is -2.29.